The van der Waals surface area contributed by atoms with E-state index in [0.717, 1.165) is 12.1 Å². The minimum Gasteiger partial charge on any atom is -0.398 e. The smallest absolute Gasteiger partial charge is 0.0751 e. The highest BCUT2D eigenvalue weighted by molar-refractivity contribution is 7.14. The Morgan fingerprint density at radius 1 is 1.00 bits per heavy atom. The molecule has 0 radical (unpaired) electrons. The molecule has 2 N–H and O–H groups in total. The average molecular weight is 398 g/mol. The maximum Gasteiger partial charge on any atom is 0.0751 e. The summed E-state index contributed by atoms with van der Waals surface area (Å²) in [5.74, 6) is 0.432. The maximum absolute atomic E-state index is 6.84. The first-order valence-electron chi connectivity index (χ1n) is 10.5. The van der Waals surface area contributed by atoms with Gasteiger partial charge in [0, 0.05) is 15.3 Å². The van der Waals surface area contributed by atoms with Gasteiger partial charge in [0.25, 0.3) is 0 Å². The highest BCUT2D eigenvalue weighted by Gasteiger charge is 2.54. The highest BCUT2D eigenvalue weighted by atomic mass is 32.1. The molecule has 2 aromatic carbocycles. The van der Waals surface area contributed by atoms with Crippen LogP contribution in [0.25, 0.3) is 16.7 Å². The van der Waals surface area contributed by atoms with Crippen LogP contribution < -0.4 is 5.73 Å². The third-order valence-corrected chi connectivity index (χ3v) is 7.65. The summed E-state index contributed by atoms with van der Waals surface area (Å²) in [5.41, 5.74) is 17.1. The van der Waals surface area contributed by atoms with Crippen molar-refractivity contribution in [2.24, 2.45) is 5.92 Å². The van der Waals surface area contributed by atoms with Crippen molar-refractivity contribution >= 4 is 22.6 Å². The predicted molar refractivity (Wildman–Crippen MR) is 126 cm³/mol. The van der Waals surface area contributed by atoms with Gasteiger partial charge in [-0.1, -0.05) is 81.5 Å². The number of allylic oxidation sites excluding steroid dienone is 4. The van der Waals surface area contributed by atoms with Crippen LogP contribution in [-0.2, 0) is 5.41 Å². The lowest BCUT2D eigenvalue weighted by atomic mass is 9.69. The van der Waals surface area contributed by atoms with Crippen LogP contribution in [0.4, 0.5) is 5.69 Å². The molecule has 0 fully saturated rings. The van der Waals surface area contributed by atoms with Crippen LogP contribution >= 0.6 is 11.3 Å². The minimum atomic E-state index is -0.303. The second-order valence-corrected chi connectivity index (χ2v) is 9.63. The Morgan fingerprint density at radius 2 is 1.59 bits per heavy atom. The van der Waals surface area contributed by atoms with Crippen molar-refractivity contribution < 1.29 is 0 Å². The van der Waals surface area contributed by atoms with Gasteiger partial charge in [0.1, 0.15) is 0 Å². The van der Waals surface area contributed by atoms with E-state index in [1.54, 1.807) is 0 Å². The summed E-state index contributed by atoms with van der Waals surface area (Å²) in [5, 5.41) is 0. The van der Waals surface area contributed by atoms with Crippen LogP contribution in [0.2, 0.25) is 0 Å². The Balaban J connectivity index is 2.02. The zero-order valence-corrected chi connectivity index (χ0v) is 18.4. The zero-order chi connectivity index (χ0) is 20.3. The predicted octanol–water partition coefficient (Wildman–Crippen LogP) is 7.34. The first kappa shape index (κ1) is 18.4. The van der Waals surface area contributed by atoms with Crippen molar-refractivity contribution in [2.75, 3.05) is 5.73 Å². The number of fused-ring (bicyclic) bond motifs is 7. The fourth-order valence-electron chi connectivity index (χ4n) is 5.40. The first-order chi connectivity index (χ1) is 14.0. The van der Waals surface area contributed by atoms with Crippen molar-refractivity contribution in [3.05, 3.63) is 92.7 Å². The van der Waals surface area contributed by atoms with Crippen molar-refractivity contribution in [3.8, 4) is 11.1 Å². The van der Waals surface area contributed by atoms with Crippen molar-refractivity contribution in [3.63, 3.8) is 0 Å². The van der Waals surface area contributed by atoms with Gasteiger partial charge in [-0.25, -0.2) is 0 Å². The Kier molecular flexibility index (Phi) is 4.11. The first-order valence-corrected chi connectivity index (χ1v) is 11.3. The fraction of sp³-hybridized carbons (Fsp3) is 0.259. The maximum atomic E-state index is 6.84. The van der Waals surface area contributed by atoms with Gasteiger partial charge in [-0.15, -0.1) is 11.3 Å². The summed E-state index contributed by atoms with van der Waals surface area (Å²) >= 11 is 1.87. The number of anilines is 1. The molecule has 5 rings (SSSR count). The minimum absolute atomic E-state index is 0.303. The van der Waals surface area contributed by atoms with E-state index in [1.165, 1.54) is 48.7 Å². The molecule has 2 heteroatoms. The topological polar surface area (TPSA) is 26.0 Å². The van der Waals surface area contributed by atoms with Crippen LogP contribution in [0.1, 0.15) is 53.6 Å². The molecular weight excluding hydrogens is 370 g/mol. The molecular formula is C27H27NS. The molecule has 0 bridgehead atoms. The zero-order valence-electron chi connectivity index (χ0n) is 17.5. The summed E-state index contributed by atoms with van der Waals surface area (Å²) in [7, 11) is 0. The van der Waals surface area contributed by atoms with E-state index < -0.39 is 0 Å². The molecule has 1 aromatic heterocycles. The van der Waals surface area contributed by atoms with Gasteiger partial charge in [0.15, 0.2) is 0 Å². The van der Waals surface area contributed by atoms with E-state index in [2.05, 4.69) is 88.4 Å². The third-order valence-electron chi connectivity index (χ3n) is 6.49. The van der Waals surface area contributed by atoms with Gasteiger partial charge < -0.3 is 5.73 Å². The number of benzene rings is 2. The summed E-state index contributed by atoms with van der Waals surface area (Å²) in [4.78, 5) is 2.62. The fourth-order valence-corrected chi connectivity index (χ4v) is 6.74. The normalized spacial score (nSPS) is 16.2. The van der Waals surface area contributed by atoms with Crippen LogP contribution in [-0.4, -0.2) is 0 Å². The van der Waals surface area contributed by atoms with Gasteiger partial charge in [0.2, 0.25) is 0 Å². The van der Waals surface area contributed by atoms with Crippen molar-refractivity contribution in [1.29, 1.82) is 0 Å². The molecule has 0 aliphatic heterocycles. The lowest BCUT2D eigenvalue weighted by Crippen LogP contribution is -2.27. The molecule has 1 spiro atoms. The van der Waals surface area contributed by atoms with Crippen molar-refractivity contribution in [2.45, 2.75) is 39.5 Å². The molecule has 29 heavy (non-hydrogen) atoms. The molecule has 1 heterocycles. The molecule has 0 saturated carbocycles. The van der Waals surface area contributed by atoms with E-state index >= 15 is 0 Å². The summed E-state index contributed by atoms with van der Waals surface area (Å²) < 4.78 is 0. The van der Waals surface area contributed by atoms with E-state index in [9.17, 15) is 0 Å². The number of thiophene rings is 1. The number of aryl methyl sites for hydroxylation is 1. The largest absolute Gasteiger partial charge is 0.398 e. The van der Waals surface area contributed by atoms with E-state index in [0.29, 0.717) is 5.92 Å². The molecule has 0 unspecified atom stereocenters. The molecule has 0 atom stereocenters. The van der Waals surface area contributed by atoms with Gasteiger partial charge in [0.05, 0.1) is 11.1 Å². The van der Waals surface area contributed by atoms with Crippen LogP contribution in [0.5, 0.6) is 0 Å². The molecule has 2 aliphatic rings. The van der Waals surface area contributed by atoms with Gasteiger partial charge in [-0.2, -0.15) is 0 Å². The lowest BCUT2D eigenvalue weighted by Gasteiger charge is -2.32. The third kappa shape index (κ3) is 2.21. The monoisotopic (exact) mass is 397 g/mol. The van der Waals surface area contributed by atoms with E-state index in [4.69, 9.17) is 5.73 Å². The SMILES string of the molecule is CC/C=C\C1=C(C(C)C)c2sc(C)c(N)c2C12c1ccccc1-c1ccccc12. The summed E-state index contributed by atoms with van der Waals surface area (Å²) in [6.07, 6.45) is 5.72. The molecule has 0 saturated heterocycles. The number of hydrogen-bond acceptors (Lipinski definition) is 2. The Hall–Kier alpha value is -2.58. The molecule has 1 nitrogen and oxygen atoms in total. The second-order valence-electron chi connectivity index (χ2n) is 8.41. The van der Waals surface area contributed by atoms with Crippen molar-refractivity contribution in [1.82, 2.24) is 0 Å². The molecule has 146 valence electrons. The Morgan fingerprint density at radius 3 is 2.14 bits per heavy atom. The van der Waals surface area contributed by atoms with Gasteiger partial charge >= 0.3 is 0 Å². The van der Waals surface area contributed by atoms with E-state index in [1.807, 2.05) is 11.3 Å². The second kappa shape index (κ2) is 6.47. The van der Waals surface area contributed by atoms with Crippen LogP contribution in [0.15, 0.2) is 66.3 Å². The quantitative estimate of drug-likeness (QED) is 0.491. The molecule has 2 aliphatic carbocycles. The van der Waals surface area contributed by atoms with Gasteiger partial charge in [-0.3, -0.25) is 0 Å². The summed E-state index contributed by atoms with van der Waals surface area (Å²) in [6, 6.07) is 17.8. The number of nitrogen functional groups attached to an aromatic ring is 1. The van der Waals surface area contributed by atoms with Crippen LogP contribution in [0.3, 0.4) is 0 Å². The average Bonchev–Trinajstić information content (AvgIpc) is 3.29. The highest BCUT2D eigenvalue weighted by Crippen LogP contribution is 2.66. The lowest BCUT2D eigenvalue weighted by molar-refractivity contribution is 0.780. The number of hydrogen-bond donors (Lipinski definition) is 1. The number of rotatable bonds is 3. The van der Waals surface area contributed by atoms with E-state index in [-0.39, 0.29) is 5.41 Å². The number of nitrogens with two attached hydrogens (primary N) is 1. The molecule has 0 amide bonds. The Bertz CT molecular complexity index is 1140. The summed E-state index contributed by atoms with van der Waals surface area (Å²) in [6.45, 7) is 9.00. The van der Waals surface area contributed by atoms with Crippen LogP contribution in [0, 0.1) is 12.8 Å². The standard InChI is InChI=1S/C27H27NS/c1-5-6-13-22-23(16(2)3)26-24(25(28)17(4)29-26)27(22)20-14-9-7-11-18(20)19-12-8-10-15-21(19)27/h6-16H,5,28H2,1-4H3/b13-6-. The Labute approximate surface area is 177 Å². The molecule has 3 aromatic rings. The van der Waals surface area contributed by atoms with Gasteiger partial charge in [-0.05, 0) is 52.7 Å².